The quantitative estimate of drug-likeness (QED) is 0.872. The van der Waals surface area contributed by atoms with Crippen LogP contribution in [0.3, 0.4) is 0 Å². The van der Waals surface area contributed by atoms with Crippen LogP contribution in [0.5, 0.6) is 0 Å². The summed E-state index contributed by atoms with van der Waals surface area (Å²) in [5, 5.41) is 6.39. The second-order valence-electron chi connectivity index (χ2n) is 6.14. The van der Waals surface area contributed by atoms with Crippen molar-refractivity contribution >= 4 is 17.5 Å². The van der Waals surface area contributed by atoms with E-state index in [1.54, 1.807) is 0 Å². The van der Waals surface area contributed by atoms with Crippen LogP contribution in [0.25, 0.3) is 0 Å². The molecule has 1 aromatic rings. The minimum atomic E-state index is -2.73. The Morgan fingerprint density at radius 2 is 2.13 bits per heavy atom. The van der Waals surface area contributed by atoms with Crippen LogP contribution in [0.1, 0.15) is 45.2 Å². The van der Waals surface area contributed by atoms with Crippen LogP contribution in [0, 0.1) is 5.92 Å². The van der Waals surface area contributed by atoms with E-state index in [1.807, 2.05) is 13.8 Å². The van der Waals surface area contributed by atoms with Gasteiger partial charge in [0.1, 0.15) is 5.69 Å². The molecular weight excluding hydrogens is 306 g/mol. The van der Waals surface area contributed by atoms with Crippen molar-refractivity contribution < 1.29 is 18.4 Å². The molecule has 0 aliphatic carbocycles. The molecule has 1 fully saturated rings. The highest BCUT2D eigenvalue weighted by atomic mass is 19.3. The van der Waals surface area contributed by atoms with Gasteiger partial charge in [-0.2, -0.15) is 5.10 Å². The highest BCUT2D eigenvalue weighted by Crippen LogP contribution is 2.27. The van der Waals surface area contributed by atoms with Gasteiger partial charge in [0.05, 0.1) is 18.4 Å². The summed E-state index contributed by atoms with van der Waals surface area (Å²) < 4.78 is 27.8. The van der Waals surface area contributed by atoms with Gasteiger partial charge in [0.25, 0.3) is 6.43 Å². The number of amides is 2. The summed E-state index contributed by atoms with van der Waals surface area (Å²) in [6.45, 7) is 4.56. The zero-order valence-corrected chi connectivity index (χ0v) is 13.4. The molecule has 0 saturated carbocycles. The van der Waals surface area contributed by atoms with E-state index in [4.69, 9.17) is 0 Å². The number of nitrogens with zero attached hydrogens (tertiary/aromatic N) is 3. The molecule has 0 aromatic carbocycles. The Morgan fingerprint density at radius 3 is 2.74 bits per heavy atom. The number of likely N-dealkylation sites (tertiary alicyclic amines) is 1. The Kier molecular flexibility index (Phi) is 5.68. The Hall–Kier alpha value is -1.99. The molecule has 23 heavy (non-hydrogen) atoms. The normalized spacial score (nSPS) is 15.6. The minimum absolute atomic E-state index is 0.00936. The monoisotopic (exact) mass is 328 g/mol. The van der Waals surface area contributed by atoms with Crippen molar-refractivity contribution in [2.75, 3.05) is 18.4 Å². The number of hydrogen-bond acceptors (Lipinski definition) is 3. The smallest absolute Gasteiger partial charge is 0.282 e. The number of rotatable bonds is 6. The van der Waals surface area contributed by atoms with Gasteiger partial charge >= 0.3 is 0 Å². The molecule has 1 N–H and O–H groups in total. The number of piperidine rings is 1. The van der Waals surface area contributed by atoms with Gasteiger partial charge in [-0.1, -0.05) is 13.8 Å². The molecule has 0 unspecified atom stereocenters. The summed E-state index contributed by atoms with van der Waals surface area (Å²) in [7, 11) is 0. The number of nitrogens with one attached hydrogen (secondary N) is 1. The van der Waals surface area contributed by atoms with Crippen LogP contribution in [0.2, 0.25) is 0 Å². The molecule has 1 aliphatic heterocycles. The summed E-state index contributed by atoms with van der Waals surface area (Å²) in [5.41, 5.74) is -0.285. The van der Waals surface area contributed by atoms with Crippen LogP contribution in [0.4, 0.5) is 14.5 Å². The molecule has 8 heteroatoms. The van der Waals surface area contributed by atoms with Gasteiger partial charge in [-0.3, -0.25) is 14.3 Å². The van der Waals surface area contributed by atoms with Gasteiger partial charge in [0, 0.05) is 19.5 Å². The predicted molar refractivity (Wildman–Crippen MR) is 81.1 cm³/mol. The van der Waals surface area contributed by atoms with E-state index in [-0.39, 0.29) is 29.8 Å². The average molecular weight is 328 g/mol. The number of carbonyl (C=O) groups excluding carboxylic acids is 2. The number of alkyl halides is 2. The van der Waals surface area contributed by atoms with Gasteiger partial charge in [0.15, 0.2) is 0 Å². The standard InChI is InChI=1S/C15H22F2N4O2/c1-10(2)8-21-14(15(16)17)11(7-18-21)19-12(22)9-20-6-4-3-5-13(20)23/h7,10,15H,3-6,8-9H2,1-2H3,(H,19,22). The van der Waals surface area contributed by atoms with Crippen molar-refractivity contribution in [3.05, 3.63) is 11.9 Å². The molecular formula is C15H22F2N4O2. The molecule has 0 atom stereocenters. The van der Waals surface area contributed by atoms with Crippen molar-refractivity contribution in [1.82, 2.24) is 14.7 Å². The molecule has 2 amide bonds. The van der Waals surface area contributed by atoms with Crippen molar-refractivity contribution in [3.63, 3.8) is 0 Å². The van der Waals surface area contributed by atoms with E-state index in [1.165, 1.54) is 15.8 Å². The van der Waals surface area contributed by atoms with E-state index in [2.05, 4.69) is 10.4 Å². The Morgan fingerprint density at radius 1 is 1.39 bits per heavy atom. The summed E-state index contributed by atoms with van der Waals surface area (Å²) in [6, 6.07) is 0. The van der Waals surface area contributed by atoms with Crippen molar-refractivity contribution in [2.24, 2.45) is 5.92 Å². The van der Waals surface area contributed by atoms with Crippen molar-refractivity contribution in [2.45, 2.75) is 46.1 Å². The lowest BCUT2D eigenvalue weighted by Gasteiger charge is -2.25. The average Bonchev–Trinajstić information content (AvgIpc) is 2.83. The maximum absolute atomic E-state index is 13.3. The summed E-state index contributed by atoms with van der Waals surface area (Å²) in [6.07, 6.45) is 0.618. The van der Waals surface area contributed by atoms with Crippen LogP contribution in [-0.2, 0) is 16.1 Å². The van der Waals surface area contributed by atoms with Crippen molar-refractivity contribution in [3.8, 4) is 0 Å². The Balaban J connectivity index is 2.05. The molecule has 0 bridgehead atoms. The third-order valence-electron chi connectivity index (χ3n) is 3.65. The number of hydrogen-bond donors (Lipinski definition) is 1. The van der Waals surface area contributed by atoms with Crippen LogP contribution in [-0.4, -0.2) is 39.6 Å². The second-order valence-corrected chi connectivity index (χ2v) is 6.14. The molecule has 1 aromatic heterocycles. The fourth-order valence-electron chi connectivity index (χ4n) is 2.60. The highest BCUT2D eigenvalue weighted by molar-refractivity contribution is 5.95. The van der Waals surface area contributed by atoms with Gasteiger partial charge in [-0.05, 0) is 18.8 Å². The van der Waals surface area contributed by atoms with Gasteiger partial charge in [0.2, 0.25) is 11.8 Å². The van der Waals surface area contributed by atoms with Gasteiger partial charge in [-0.15, -0.1) is 0 Å². The van der Waals surface area contributed by atoms with Crippen LogP contribution >= 0.6 is 0 Å². The third-order valence-corrected chi connectivity index (χ3v) is 3.65. The largest absolute Gasteiger partial charge is 0.333 e. The number of aromatic nitrogens is 2. The molecule has 1 aliphatic rings. The van der Waals surface area contributed by atoms with Crippen LogP contribution in [0.15, 0.2) is 6.20 Å². The second kappa shape index (κ2) is 7.52. The first-order chi connectivity index (χ1) is 10.9. The zero-order chi connectivity index (χ0) is 17.0. The van der Waals surface area contributed by atoms with Crippen molar-refractivity contribution in [1.29, 1.82) is 0 Å². The molecule has 128 valence electrons. The summed E-state index contributed by atoms with van der Waals surface area (Å²) >= 11 is 0. The molecule has 6 nitrogen and oxygen atoms in total. The predicted octanol–water partition coefficient (Wildman–Crippen LogP) is 2.43. The van der Waals surface area contributed by atoms with E-state index in [0.29, 0.717) is 19.5 Å². The number of anilines is 1. The fourth-order valence-corrected chi connectivity index (χ4v) is 2.60. The molecule has 0 spiro atoms. The lowest BCUT2D eigenvalue weighted by atomic mass is 10.1. The zero-order valence-electron chi connectivity index (χ0n) is 13.4. The molecule has 1 saturated heterocycles. The SMILES string of the molecule is CC(C)Cn1ncc(NC(=O)CN2CCCCC2=O)c1C(F)F. The molecule has 2 rings (SSSR count). The lowest BCUT2D eigenvalue weighted by molar-refractivity contribution is -0.136. The topological polar surface area (TPSA) is 67.2 Å². The minimum Gasteiger partial charge on any atom is -0.333 e. The lowest BCUT2D eigenvalue weighted by Crippen LogP contribution is -2.40. The fraction of sp³-hybridized carbons (Fsp3) is 0.667. The van der Waals surface area contributed by atoms with E-state index < -0.39 is 12.3 Å². The Labute approximate surface area is 133 Å². The van der Waals surface area contributed by atoms with E-state index >= 15 is 0 Å². The Bertz CT molecular complexity index is 572. The number of halogens is 2. The summed E-state index contributed by atoms with van der Waals surface area (Å²) in [5.74, 6) is -0.399. The van der Waals surface area contributed by atoms with Gasteiger partial charge in [-0.25, -0.2) is 8.78 Å². The van der Waals surface area contributed by atoms with Gasteiger partial charge < -0.3 is 10.2 Å². The van der Waals surface area contributed by atoms with E-state index in [0.717, 1.165) is 12.8 Å². The first kappa shape index (κ1) is 17.4. The molecule has 0 radical (unpaired) electrons. The number of carbonyl (C=O) groups is 2. The molecule has 2 heterocycles. The first-order valence-electron chi connectivity index (χ1n) is 7.80. The first-order valence-corrected chi connectivity index (χ1v) is 7.80. The maximum atomic E-state index is 13.3. The van der Waals surface area contributed by atoms with Crippen LogP contribution < -0.4 is 5.32 Å². The maximum Gasteiger partial charge on any atom is 0.282 e. The third kappa shape index (κ3) is 4.49. The highest BCUT2D eigenvalue weighted by Gasteiger charge is 2.24. The summed E-state index contributed by atoms with van der Waals surface area (Å²) in [4.78, 5) is 25.2. The van der Waals surface area contributed by atoms with E-state index in [9.17, 15) is 18.4 Å².